The Bertz CT molecular complexity index is 760. The van der Waals surface area contributed by atoms with Crippen molar-refractivity contribution in [3.05, 3.63) is 59.7 Å². The first kappa shape index (κ1) is 18.0. The van der Waals surface area contributed by atoms with Gasteiger partial charge in [-0.2, -0.15) is 5.10 Å². The molecule has 7 heteroatoms. The van der Waals surface area contributed by atoms with Gasteiger partial charge in [0.1, 0.15) is 0 Å². The molecule has 2 amide bonds. The van der Waals surface area contributed by atoms with E-state index in [2.05, 4.69) is 15.8 Å². The van der Waals surface area contributed by atoms with Crippen LogP contribution >= 0.6 is 0 Å². The number of rotatable bonds is 6. The van der Waals surface area contributed by atoms with E-state index in [-0.39, 0.29) is 6.54 Å². The molecule has 0 saturated heterocycles. The molecule has 0 aliphatic carbocycles. The van der Waals surface area contributed by atoms with E-state index < -0.39 is 11.8 Å². The smallest absolute Gasteiger partial charge is 0.329 e. The zero-order valence-electron chi connectivity index (χ0n) is 14.0. The fraction of sp³-hybridized carbons (Fsp3) is 0.167. The summed E-state index contributed by atoms with van der Waals surface area (Å²) >= 11 is 0. The molecule has 0 spiro atoms. The molecule has 0 aromatic heterocycles. The molecule has 7 nitrogen and oxygen atoms in total. The highest BCUT2D eigenvalue weighted by Gasteiger charge is 2.11. The molecule has 0 saturated carbocycles. The van der Waals surface area contributed by atoms with Crippen LogP contribution in [0.2, 0.25) is 0 Å². The van der Waals surface area contributed by atoms with E-state index in [1.165, 1.54) is 13.3 Å². The molecule has 0 unspecified atom stereocenters. The lowest BCUT2D eigenvalue weighted by Crippen LogP contribution is -2.37. The van der Waals surface area contributed by atoms with Crippen molar-refractivity contribution in [2.45, 2.75) is 6.54 Å². The molecule has 2 aromatic rings. The summed E-state index contributed by atoms with van der Waals surface area (Å²) in [5.74, 6) is -0.469. The maximum absolute atomic E-state index is 11.7. The third-order valence-electron chi connectivity index (χ3n) is 3.29. The first-order valence-corrected chi connectivity index (χ1v) is 7.51. The Hall–Kier alpha value is -3.35. The van der Waals surface area contributed by atoms with Crippen LogP contribution in [0.4, 0.5) is 0 Å². The van der Waals surface area contributed by atoms with E-state index >= 15 is 0 Å². The third-order valence-corrected chi connectivity index (χ3v) is 3.29. The van der Waals surface area contributed by atoms with Gasteiger partial charge in [0.15, 0.2) is 11.5 Å². The average Bonchev–Trinajstić information content (AvgIpc) is 2.66. The Morgan fingerprint density at radius 3 is 2.40 bits per heavy atom. The van der Waals surface area contributed by atoms with Gasteiger partial charge in [0, 0.05) is 6.54 Å². The molecule has 0 atom stereocenters. The zero-order chi connectivity index (χ0) is 18.1. The Morgan fingerprint density at radius 2 is 1.72 bits per heavy atom. The summed E-state index contributed by atoms with van der Waals surface area (Å²) in [6.07, 6.45) is 1.41. The first-order chi connectivity index (χ1) is 12.1. The molecule has 2 N–H and O–H groups in total. The predicted octanol–water partition coefficient (Wildman–Crippen LogP) is 1.47. The second-order valence-electron chi connectivity index (χ2n) is 4.98. The van der Waals surface area contributed by atoms with Crippen LogP contribution in [-0.2, 0) is 16.1 Å². The molecule has 0 aliphatic heterocycles. The Kier molecular flexibility index (Phi) is 6.53. The molecule has 0 aliphatic rings. The molecule has 0 bridgehead atoms. The van der Waals surface area contributed by atoms with Crippen molar-refractivity contribution in [2.24, 2.45) is 5.10 Å². The highest BCUT2D eigenvalue weighted by Crippen LogP contribution is 2.26. The van der Waals surface area contributed by atoms with Crippen LogP contribution in [0.5, 0.6) is 11.5 Å². The van der Waals surface area contributed by atoms with Gasteiger partial charge in [-0.15, -0.1) is 0 Å². The summed E-state index contributed by atoms with van der Waals surface area (Å²) in [5.41, 5.74) is 3.76. The van der Waals surface area contributed by atoms with Gasteiger partial charge in [-0.05, 0) is 29.3 Å². The van der Waals surface area contributed by atoms with Gasteiger partial charge in [-0.3, -0.25) is 9.59 Å². The number of amides is 2. The van der Waals surface area contributed by atoms with E-state index in [1.807, 2.05) is 30.3 Å². The minimum absolute atomic E-state index is 0.270. The van der Waals surface area contributed by atoms with E-state index in [0.717, 1.165) is 5.56 Å². The molecule has 25 heavy (non-hydrogen) atoms. The van der Waals surface area contributed by atoms with Crippen molar-refractivity contribution >= 4 is 18.0 Å². The SMILES string of the molecule is COc1ccc(/C=N\NC(=O)C(=O)NCc2ccccc2)cc1OC. The van der Waals surface area contributed by atoms with Crippen molar-refractivity contribution in [1.29, 1.82) is 0 Å². The summed E-state index contributed by atoms with van der Waals surface area (Å²) in [5, 5.41) is 6.29. The Balaban J connectivity index is 1.86. The van der Waals surface area contributed by atoms with Crippen molar-refractivity contribution in [2.75, 3.05) is 14.2 Å². The number of carbonyl (C=O) groups excluding carboxylic acids is 2. The number of methoxy groups -OCH3 is 2. The number of carbonyl (C=O) groups is 2. The van der Waals surface area contributed by atoms with Crippen molar-refractivity contribution in [3.8, 4) is 11.5 Å². The Morgan fingerprint density at radius 1 is 1.00 bits per heavy atom. The highest BCUT2D eigenvalue weighted by atomic mass is 16.5. The molecule has 2 aromatic carbocycles. The van der Waals surface area contributed by atoms with Crippen molar-refractivity contribution in [1.82, 2.24) is 10.7 Å². The van der Waals surface area contributed by atoms with Crippen LogP contribution in [0.3, 0.4) is 0 Å². The van der Waals surface area contributed by atoms with Crippen LogP contribution in [-0.4, -0.2) is 32.2 Å². The van der Waals surface area contributed by atoms with Gasteiger partial charge in [0.05, 0.1) is 20.4 Å². The van der Waals surface area contributed by atoms with Crippen LogP contribution in [0.1, 0.15) is 11.1 Å². The largest absolute Gasteiger partial charge is 0.493 e. The zero-order valence-corrected chi connectivity index (χ0v) is 14.0. The molecule has 130 valence electrons. The molecular formula is C18H19N3O4. The summed E-state index contributed by atoms with van der Waals surface area (Å²) in [7, 11) is 3.07. The average molecular weight is 341 g/mol. The highest BCUT2D eigenvalue weighted by molar-refractivity contribution is 6.35. The number of ether oxygens (including phenoxy) is 2. The number of nitrogens with zero attached hydrogens (tertiary/aromatic N) is 1. The van der Waals surface area contributed by atoms with E-state index in [1.54, 1.807) is 25.3 Å². The second kappa shape index (κ2) is 9.07. The lowest BCUT2D eigenvalue weighted by atomic mass is 10.2. The maximum Gasteiger partial charge on any atom is 0.329 e. The fourth-order valence-electron chi connectivity index (χ4n) is 2.01. The molecule has 0 heterocycles. The van der Waals surface area contributed by atoms with Gasteiger partial charge in [0.25, 0.3) is 0 Å². The number of hydrazone groups is 1. The van der Waals surface area contributed by atoms with Gasteiger partial charge in [-0.1, -0.05) is 30.3 Å². The summed E-state index contributed by atoms with van der Waals surface area (Å²) in [6.45, 7) is 0.270. The lowest BCUT2D eigenvalue weighted by Gasteiger charge is -2.07. The van der Waals surface area contributed by atoms with E-state index in [0.29, 0.717) is 17.1 Å². The minimum Gasteiger partial charge on any atom is -0.493 e. The van der Waals surface area contributed by atoms with Gasteiger partial charge in [-0.25, -0.2) is 5.43 Å². The molecule has 2 rings (SSSR count). The standard InChI is InChI=1S/C18H19N3O4/c1-24-15-9-8-14(10-16(15)25-2)12-20-21-18(23)17(22)19-11-13-6-4-3-5-7-13/h3-10,12H,11H2,1-2H3,(H,19,22)(H,21,23)/b20-12-. The maximum atomic E-state index is 11.7. The fourth-order valence-corrected chi connectivity index (χ4v) is 2.01. The number of hydrogen-bond donors (Lipinski definition) is 2. The minimum atomic E-state index is -0.840. The summed E-state index contributed by atoms with van der Waals surface area (Å²) in [4.78, 5) is 23.4. The Labute approximate surface area is 145 Å². The normalized spacial score (nSPS) is 10.3. The van der Waals surface area contributed by atoms with Crippen LogP contribution in [0.25, 0.3) is 0 Å². The van der Waals surface area contributed by atoms with Crippen molar-refractivity contribution in [3.63, 3.8) is 0 Å². The first-order valence-electron chi connectivity index (χ1n) is 7.51. The quantitative estimate of drug-likeness (QED) is 0.473. The molecule has 0 fully saturated rings. The molecular weight excluding hydrogens is 322 g/mol. The topological polar surface area (TPSA) is 89.0 Å². The molecule has 0 radical (unpaired) electrons. The second-order valence-corrected chi connectivity index (χ2v) is 4.98. The lowest BCUT2D eigenvalue weighted by molar-refractivity contribution is -0.139. The summed E-state index contributed by atoms with van der Waals surface area (Å²) < 4.78 is 10.3. The number of benzene rings is 2. The number of hydrogen-bond acceptors (Lipinski definition) is 5. The van der Waals surface area contributed by atoms with Gasteiger partial charge < -0.3 is 14.8 Å². The third kappa shape index (κ3) is 5.35. The van der Waals surface area contributed by atoms with E-state index in [9.17, 15) is 9.59 Å². The monoisotopic (exact) mass is 341 g/mol. The predicted molar refractivity (Wildman–Crippen MR) is 93.6 cm³/mol. The van der Waals surface area contributed by atoms with Gasteiger partial charge >= 0.3 is 11.8 Å². The van der Waals surface area contributed by atoms with E-state index in [4.69, 9.17) is 9.47 Å². The van der Waals surface area contributed by atoms with Crippen molar-refractivity contribution < 1.29 is 19.1 Å². The van der Waals surface area contributed by atoms with Crippen LogP contribution < -0.4 is 20.2 Å². The van der Waals surface area contributed by atoms with Crippen LogP contribution in [0, 0.1) is 0 Å². The van der Waals surface area contributed by atoms with Crippen LogP contribution in [0.15, 0.2) is 53.6 Å². The number of nitrogens with one attached hydrogen (secondary N) is 2. The summed E-state index contributed by atoms with van der Waals surface area (Å²) in [6, 6.07) is 14.5. The van der Waals surface area contributed by atoms with Gasteiger partial charge in [0.2, 0.25) is 0 Å².